The summed E-state index contributed by atoms with van der Waals surface area (Å²) in [4.78, 5) is 27.5. The van der Waals surface area contributed by atoms with Gasteiger partial charge in [-0.3, -0.25) is 9.59 Å². The Morgan fingerprint density at radius 3 is 2.30 bits per heavy atom. The number of aliphatic hydroxyl groups is 1. The molecule has 124 valence electrons. The lowest BCUT2D eigenvalue weighted by atomic mass is 10.1. The van der Waals surface area contributed by atoms with Crippen molar-refractivity contribution in [2.45, 2.75) is 38.3 Å². The maximum absolute atomic E-state index is 12.7. The van der Waals surface area contributed by atoms with Gasteiger partial charge in [0.15, 0.2) is 0 Å². The Labute approximate surface area is 137 Å². The van der Waals surface area contributed by atoms with E-state index in [2.05, 4.69) is 6.58 Å². The smallest absolute Gasteiger partial charge is 0.254 e. The molecule has 1 aromatic carbocycles. The number of anilines is 1. The molecule has 0 aliphatic heterocycles. The highest BCUT2D eigenvalue weighted by atomic mass is 16.3. The summed E-state index contributed by atoms with van der Waals surface area (Å²) >= 11 is 0. The Bertz CT molecular complexity index is 598. The van der Waals surface area contributed by atoms with Crippen LogP contribution in [0.3, 0.4) is 0 Å². The zero-order valence-electron chi connectivity index (χ0n) is 14.0. The highest BCUT2D eigenvalue weighted by Crippen LogP contribution is 2.30. The van der Waals surface area contributed by atoms with Gasteiger partial charge in [0.05, 0.1) is 5.60 Å². The number of hydrogen-bond acceptors (Lipinski definition) is 3. The minimum absolute atomic E-state index is 0.0844. The van der Waals surface area contributed by atoms with Crippen LogP contribution in [0.5, 0.6) is 0 Å². The van der Waals surface area contributed by atoms with Crippen LogP contribution in [-0.4, -0.2) is 47.1 Å². The molecule has 5 heteroatoms. The van der Waals surface area contributed by atoms with E-state index in [0.717, 1.165) is 12.8 Å². The topological polar surface area (TPSA) is 60.9 Å². The predicted octanol–water partition coefficient (Wildman–Crippen LogP) is 2.21. The van der Waals surface area contributed by atoms with Crippen LogP contribution in [0.25, 0.3) is 0 Å². The number of amides is 2. The fourth-order valence-electron chi connectivity index (χ4n) is 2.43. The number of carbonyl (C=O) groups excluding carboxylic acids is 2. The highest BCUT2D eigenvalue weighted by molar-refractivity contribution is 6.01. The molecule has 0 heterocycles. The number of hydrogen-bond donors (Lipinski definition) is 1. The van der Waals surface area contributed by atoms with Gasteiger partial charge < -0.3 is 14.9 Å². The van der Waals surface area contributed by atoms with Crippen LogP contribution >= 0.6 is 0 Å². The molecule has 1 aromatic rings. The van der Waals surface area contributed by atoms with E-state index in [-0.39, 0.29) is 17.9 Å². The van der Waals surface area contributed by atoms with Crippen molar-refractivity contribution >= 4 is 17.5 Å². The Balaban J connectivity index is 2.15. The SMILES string of the molecule is C=CC(=O)N(C)c1ccc(C(=O)N(CC(C)(C)O)C2CC2)cc1. The molecule has 1 saturated carbocycles. The van der Waals surface area contributed by atoms with Gasteiger partial charge in [-0.05, 0) is 57.0 Å². The van der Waals surface area contributed by atoms with Gasteiger partial charge in [0.25, 0.3) is 5.91 Å². The molecule has 0 atom stereocenters. The molecule has 23 heavy (non-hydrogen) atoms. The van der Waals surface area contributed by atoms with E-state index in [1.165, 1.54) is 11.0 Å². The van der Waals surface area contributed by atoms with E-state index in [0.29, 0.717) is 17.8 Å². The minimum atomic E-state index is -0.922. The van der Waals surface area contributed by atoms with E-state index in [1.54, 1.807) is 50.1 Å². The first-order valence-electron chi connectivity index (χ1n) is 7.76. The summed E-state index contributed by atoms with van der Waals surface area (Å²) in [6.45, 7) is 7.18. The van der Waals surface area contributed by atoms with Crippen LogP contribution < -0.4 is 4.90 Å². The molecule has 0 saturated heterocycles. The third-order valence-electron chi connectivity index (χ3n) is 3.81. The molecule has 1 aliphatic carbocycles. The third-order valence-corrected chi connectivity index (χ3v) is 3.81. The van der Waals surface area contributed by atoms with Gasteiger partial charge in [-0.1, -0.05) is 6.58 Å². The first kappa shape index (κ1) is 17.2. The summed E-state index contributed by atoms with van der Waals surface area (Å²) < 4.78 is 0. The molecule has 1 aliphatic rings. The Morgan fingerprint density at radius 1 is 1.30 bits per heavy atom. The number of likely N-dealkylation sites (N-methyl/N-ethyl adjacent to an activating group) is 1. The molecule has 1 N–H and O–H groups in total. The average molecular weight is 316 g/mol. The standard InChI is InChI=1S/C18H24N2O3/c1-5-16(21)19(4)14-8-6-13(7-9-14)17(22)20(15-10-11-15)12-18(2,3)23/h5-9,15,23H,1,10-12H2,2-4H3. The van der Waals surface area contributed by atoms with Crippen LogP contribution in [0.2, 0.25) is 0 Å². The summed E-state index contributed by atoms with van der Waals surface area (Å²) in [6, 6.07) is 7.13. The minimum Gasteiger partial charge on any atom is -0.389 e. The molecule has 2 amide bonds. The van der Waals surface area contributed by atoms with E-state index >= 15 is 0 Å². The lowest BCUT2D eigenvalue weighted by Crippen LogP contribution is -2.43. The molecule has 5 nitrogen and oxygen atoms in total. The maximum Gasteiger partial charge on any atom is 0.254 e. The first-order valence-corrected chi connectivity index (χ1v) is 7.76. The fourth-order valence-corrected chi connectivity index (χ4v) is 2.43. The number of carbonyl (C=O) groups is 2. The fraction of sp³-hybridized carbons (Fsp3) is 0.444. The van der Waals surface area contributed by atoms with Crippen molar-refractivity contribution in [3.05, 3.63) is 42.5 Å². The first-order chi connectivity index (χ1) is 10.7. The molecular formula is C18H24N2O3. The molecule has 2 rings (SSSR count). The lowest BCUT2D eigenvalue weighted by molar-refractivity contribution is -0.113. The molecule has 0 bridgehead atoms. The van der Waals surface area contributed by atoms with Crippen LogP contribution in [0.4, 0.5) is 5.69 Å². The average Bonchev–Trinajstić information content (AvgIpc) is 3.34. The normalized spacial score (nSPS) is 14.3. The van der Waals surface area contributed by atoms with Gasteiger partial charge in [-0.15, -0.1) is 0 Å². The third kappa shape index (κ3) is 4.42. The van der Waals surface area contributed by atoms with Gasteiger partial charge in [-0.25, -0.2) is 0 Å². The zero-order valence-corrected chi connectivity index (χ0v) is 14.0. The molecule has 0 aromatic heterocycles. The predicted molar refractivity (Wildman–Crippen MR) is 90.4 cm³/mol. The van der Waals surface area contributed by atoms with Crippen molar-refractivity contribution < 1.29 is 14.7 Å². The molecular weight excluding hydrogens is 292 g/mol. The van der Waals surface area contributed by atoms with Gasteiger partial charge >= 0.3 is 0 Å². The van der Waals surface area contributed by atoms with Crippen molar-refractivity contribution in [2.24, 2.45) is 0 Å². The number of rotatable bonds is 6. The summed E-state index contributed by atoms with van der Waals surface area (Å²) in [5, 5.41) is 10.0. The van der Waals surface area contributed by atoms with Crippen LogP contribution in [0, 0.1) is 0 Å². The summed E-state index contributed by atoms with van der Waals surface area (Å²) in [7, 11) is 1.66. The second kappa shape index (κ2) is 6.54. The van der Waals surface area contributed by atoms with Crippen molar-refractivity contribution in [1.29, 1.82) is 0 Å². The largest absolute Gasteiger partial charge is 0.389 e. The number of benzene rings is 1. The quantitative estimate of drug-likeness (QED) is 0.819. The molecule has 0 unspecified atom stereocenters. The van der Waals surface area contributed by atoms with Crippen molar-refractivity contribution in [1.82, 2.24) is 4.90 Å². The summed E-state index contributed by atoms with van der Waals surface area (Å²) in [5.41, 5.74) is 0.339. The second-order valence-electron chi connectivity index (χ2n) is 6.62. The van der Waals surface area contributed by atoms with Crippen LogP contribution in [-0.2, 0) is 4.79 Å². The Morgan fingerprint density at radius 2 is 1.87 bits per heavy atom. The summed E-state index contributed by atoms with van der Waals surface area (Å²) in [5.74, 6) is -0.287. The van der Waals surface area contributed by atoms with Crippen molar-refractivity contribution in [3.63, 3.8) is 0 Å². The second-order valence-corrected chi connectivity index (χ2v) is 6.62. The molecule has 0 radical (unpaired) electrons. The van der Waals surface area contributed by atoms with Crippen LogP contribution in [0.15, 0.2) is 36.9 Å². The molecule has 0 spiro atoms. The van der Waals surface area contributed by atoms with E-state index < -0.39 is 5.60 Å². The maximum atomic E-state index is 12.7. The van der Waals surface area contributed by atoms with Crippen molar-refractivity contribution in [3.8, 4) is 0 Å². The summed E-state index contributed by atoms with van der Waals surface area (Å²) in [6.07, 6.45) is 3.21. The van der Waals surface area contributed by atoms with E-state index in [1.807, 2.05) is 0 Å². The monoisotopic (exact) mass is 316 g/mol. The zero-order chi connectivity index (χ0) is 17.2. The van der Waals surface area contributed by atoms with Crippen molar-refractivity contribution in [2.75, 3.05) is 18.5 Å². The van der Waals surface area contributed by atoms with Gasteiger partial charge in [0.2, 0.25) is 5.91 Å². The Kier molecular flexibility index (Phi) is 4.90. The van der Waals surface area contributed by atoms with Gasteiger partial charge in [0.1, 0.15) is 0 Å². The number of nitrogens with zero attached hydrogens (tertiary/aromatic N) is 2. The van der Waals surface area contributed by atoms with Crippen LogP contribution in [0.1, 0.15) is 37.0 Å². The highest BCUT2D eigenvalue weighted by Gasteiger charge is 2.35. The van der Waals surface area contributed by atoms with E-state index in [9.17, 15) is 14.7 Å². The van der Waals surface area contributed by atoms with E-state index in [4.69, 9.17) is 0 Å². The van der Waals surface area contributed by atoms with Gasteiger partial charge in [0, 0.05) is 30.9 Å². The lowest BCUT2D eigenvalue weighted by Gasteiger charge is -2.29. The molecule has 1 fully saturated rings. The Hall–Kier alpha value is -2.14. The van der Waals surface area contributed by atoms with Gasteiger partial charge in [-0.2, -0.15) is 0 Å².